The SMILES string of the molecule is Nc1ccc(C(=O)N2CCN(C3COC3)CC2)c2c1OCCO2. The molecule has 124 valence electrons. The fourth-order valence-corrected chi connectivity index (χ4v) is 3.22. The van der Waals surface area contributed by atoms with Crippen molar-refractivity contribution in [1.29, 1.82) is 0 Å². The minimum Gasteiger partial charge on any atom is -0.485 e. The van der Waals surface area contributed by atoms with E-state index in [0.717, 1.165) is 39.4 Å². The molecule has 1 aromatic carbocycles. The second-order valence-electron chi connectivity index (χ2n) is 6.08. The molecule has 0 aliphatic carbocycles. The predicted octanol–water partition coefficient (Wildman–Crippen LogP) is 0.197. The molecule has 4 rings (SSSR count). The zero-order valence-corrected chi connectivity index (χ0v) is 13.0. The summed E-state index contributed by atoms with van der Waals surface area (Å²) in [6.45, 7) is 5.71. The fraction of sp³-hybridized carbons (Fsp3) is 0.562. The average Bonchev–Trinajstić information content (AvgIpc) is 2.54. The van der Waals surface area contributed by atoms with E-state index in [1.165, 1.54) is 0 Å². The van der Waals surface area contributed by atoms with Crippen LogP contribution in [-0.2, 0) is 4.74 Å². The molecule has 0 spiro atoms. The minimum atomic E-state index is -0.0174. The largest absolute Gasteiger partial charge is 0.485 e. The number of amides is 1. The Balaban J connectivity index is 1.49. The Bertz CT molecular complexity index is 610. The van der Waals surface area contributed by atoms with Crippen LogP contribution in [0.15, 0.2) is 12.1 Å². The fourth-order valence-electron chi connectivity index (χ4n) is 3.22. The molecule has 7 nitrogen and oxygen atoms in total. The van der Waals surface area contributed by atoms with Crippen LogP contribution in [0, 0.1) is 0 Å². The maximum atomic E-state index is 12.8. The molecule has 2 N–H and O–H groups in total. The standard InChI is InChI=1S/C16H21N3O4/c17-13-2-1-12(14-15(13)23-8-7-22-14)16(20)19-5-3-18(4-6-19)11-9-21-10-11/h1-2,11H,3-10,17H2. The molecular weight excluding hydrogens is 298 g/mol. The lowest BCUT2D eigenvalue weighted by molar-refractivity contribution is -0.0746. The summed E-state index contributed by atoms with van der Waals surface area (Å²) < 4.78 is 16.5. The van der Waals surface area contributed by atoms with Gasteiger partial charge >= 0.3 is 0 Å². The first kappa shape index (κ1) is 14.6. The van der Waals surface area contributed by atoms with Gasteiger partial charge in [0.1, 0.15) is 13.2 Å². The lowest BCUT2D eigenvalue weighted by Crippen LogP contribution is -2.57. The number of benzene rings is 1. The second kappa shape index (κ2) is 5.90. The number of carbonyl (C=O) groups is 1. The van der Waals surface area contributed by atoms with Crippen molar-refractivity contribution in [1.82, 2.24) is 9.80 Å². The van der Waals surface area contributed by atoms with E-state index in [4.69, 9.17) is 19.9 Å². The summed E-state index contributed by atoms with van der Waals surface area (Å²) in [7, 11) is 0. The second-order valence-corrected chi connectivity index (χ2v) is 6.08. The number of nitrogens with zero attached hydrogens (tertiary/aromatic N) is 2. The highest BCUT2D eigenvalue weighted by Crippen LogP contribution is 2.39. The van der Waals surface area contributed by atoms with Gasteiger partial charge in [-0.1, -0.05) is 0 Å². The Labute approximate surface area is 134 Å². The first-order valence-corrected chi connectivity index (χ1v) is 8.03. The van der Waals surface area contributed by atoms with E-state index < -0.39 is 0 Å². The summed E-state index contributed by atoms with van der Waals surface area (Å²) in [5.74, 6) is 0.958. The molecule has 0 bridgehead atoms. The first-order valence-electron chi connectivity index (χ1n) is 8.03. The third kappa shape index (κ3) is 2.60. The first-order chi connectivity index (χ1) is 11.2. The van der Waals surface area contributed by atoms with Gasteiger partial charge in [-0.3, -0.25) is 9.69 Å². The molecule has 0 unspecified atom stereocenters. The van der Waals surface area contributed by atoms with Crippen molar-refractivity contribution in [3.05, 3.63) is 17.7 Å². The summed E-state index contributed by atoms with van der Waals surface area (Å²) in [5.41, 5.74) is 6.96. The summed E-state index contributed by atoms with van der Waals surface area (Å²) in [6.07, 6.45) is 0. The number of nitrogen functional groups attached to an aromatic ring is 1. The van der Waals surface area contributed by atoms with E-state index in [2.05, 4.69) is 4.90 Å². The van der Waals surface area contributed by atoms with E-state index in [0.29, 0.717) is 42.0 Å². The number of hydrogen-bond acceptors (Lipinski definition) is 6. The third-order valence-electron chi connectivity index (χ3n) is 4.69. The third-order valence-corrected chi connectivity index (χ3v) is 4.69. The van der Waals surface area contributed by atoms with Gasteiger partial charge in [-0.15, -0.1) is 0 Å². The normalized spacial score (nSPS) is 21.8. The van der Waals surface area contributed by atoms with Crippen molar-refractivity contribution in [2.75, 3.05) is 58.3 Å². The van der Waals surface area contributed by atoms with Gasteiger partial charge in [-0.2, -0.15) is 0 Å². The number of nitrogens with two attached hydrogens (primary N) is 1. The Hall–Kier alpha value is -1.99. The van der Waals surface area contributed by atoms with Crippen LogP contribution in [0.4, 0.5) is 5.69 Å². The van der Waals surface area contributed by atoms with Crippen LogP contribution >= 0.6 is 0 Å². The molecule has 23 heavy (non-hydrogen) atoms. The number of carbonyl (C=O) groups excluding carboxylic acids is 1. The van der Waals surface area contributed by atoms with Crippen molar-refractivity contribution >= 4 is 11.6 Å². The predicted molar refractivity (Wildman–Crippen MR) is 83.9 cm³/mol. The van der Waals surface area contributed by atoms with Crippen LogP contribution in [0.1, 0.15) is 10.4 Å². The molecular formula is C16H21N3O4. The van der Waals surface area contributed by atoms with Crippen molar-refractivity contribution in [3.63, 3.8) is 0 Å². The van der Waals surface area contributed by atoms with Gasteiger partial charge in [0.05, 0.1) is 30.5 Å². The van der Waals surface area contributed by atoms with Gasteiger partial charge in [0, 0.05) is 26.2 Å². The van der Waals surface area contributed by atoms with Crippen LogP contribution in [0.3, 0.4) is 0 Å². The van der Waals surface area contributed by atoms with E-state index in [1.54, 1.807) is 12.1 Å². The van der Waals surface area contributed by atoms with Gasteiger partial charge < -0.3 is 24.8 Å². The summed E-state index contributed by atoms with van der Waals surface area (Å²) in [5, 5.41) is 0. The van der Waals surface area contributed by atoms with Gasteiger partial charge in [0.2, 0.25) is 0 Å². The van der Waals surface area contributed by atoms with Crippen LogP contribution < -0.4 is 15.2 Å². The number of rotatable bonds is 2. The van der Waals surface area contributed by atoms with Crippen molar-refractivity contribution in [3.8, 4) is 11.5 Å². The van der Waals surface area contributed by atoms with Crippen LogP contribution in [-0.4, -0.2) is 74.4 Å². The Morgan fingerprint density at radius 3 is 2.39 bits per heavy atom. The minimum absolute atomic E-state index is 0.0174. The lowest BCUT2D eigenvalue weighted by Gasteiger charge is -2.42. The van der Waals surface area contributed by atoms with Crippen molar-refractivity contribution in [2.24, 2.45) is 0 Å². The molecule has 3 aliphatic heterocycles. The van der Waals surface area contributed by atoms with Crippen molar-refractivity contribution in [2.45, 2.75) is 6.04 Å². The molecule has 0 radical (unpaired) electrons. The lowest BCUT2D eigenvalue weighted by atomic mass is 10.1. The number of ether oxygens (including phenoxy) is 3. The maximum Gasteiger partial charge on any atom is 0.257 e. The zero-order valence-electron chi connectivity index (χ0n) is 13.0. The van der Waals surface area contributed by atoms with Gasteiger partial charge in [-0.25, -0.2) is 0 Å². The summed E-state index contributed by atoms with van der Waals surface area (Å²) >= 11 is 0. The summed E-state index contributed by atoms with van der Waals surface area (Å²) in [4.78, 5) is 17.1. The number of anilines is 1. The monoisotopic (exact) mass is 319 g/mol. The van der Waals surface area contributed by atoms with Crippen LogP contribution in [0.5, 0.6) is 11.5 Å². The molecule has 7 heteroatoms. The highest BCUT2D eigenvalue weighted by molar-refractivity contribution is 5.99. The number of hydrogen-bond donors (Lipinski definition) is 1. The van der Waals surface area contributed by atoms with Gasteiger partial charge in [0.25, 0.3) is 5.91 Å². The van der Waals surface area contributed by atoms with E-state index in [9.17, 15) is 4.79 Å². The quantitative estimate of drug-likeness (QED) is 0.785. The molecule has 2 saturated heterocycles. The van der Waals surface area contributed by atoms with Crippen molar-refractivity contribution < 1.29 is 19.0 Å². The molecule has 2 fully saturated rings. The molecule has 3 heterocycles. The molecule has 0 aromatic heterocycles. The van der Waals surface area contributed by atoms with Gasteiger partial charge in [0.15, 0.2) is 11.5 Å². The molecule has 1 aromatic rings. The van der Waals surface area contributed by atoms with Crippen LogP contribution in [0.25, 0.3) is 0 Å². The number of fused-ring (bicyclic) bond motifs is 1. The van der Waals surface area contributed by atoms with E-state index >= 15 is 0 Å². The van der Waals surface area contributed by atoms with E-state index in [-0.39, 0.29) is 5.91 Å². The topological polar surface area (TPSA) is 77.3 Å². The smallest absolute Gasteiger partial charge is 0.257 e. The zero-order chi connectivity index (χ0) is 15.8. The molecule has 0 saturated carbocycles. The van der Waals surface area contributed by atoms with Crippen LogP contribution in [0.2, 0.25) is 0 Å². The Morgan fingerprint density at radius 2 is 1.74 bits per heavy atom. The number of piperazine rings is 1. The average molecular weight is 319 g/mol. The molecule has 1 amide bonds. The summed E-state index contributed by atoms with van der Waals surface area (Å²) in [6, 6.07) is 3.97. The maximum absolute atomic E-state index is 12.8. The highest BCUT2D eigenvalue weighted by atomic mass is 16.6. The molecule has 0 atom stereocenters. The van der Waals surface area contributed by atoms with E-state index in [1.807, 2.05) is 4.90 Å². The molecule has 3 aliphatic rings. The van der Waals surface area contributed by atoms with Gasteiger partial charge in [-0.05, 0) is 12.1 Å². The highest BCUT2D eigenvalue weighted by Gasteiger charge is 2.32. The Kier molecular flexibility index (Phi) is 3.74. The Morgan fingerprint density at radius 1 is 1.04 bits per heavy atom.